The first kappa shape index (κ1) is 19.6. The van der Waals surface area contributed by atoms with E-state index in [4.69, 9.17) is 0 Å². The zero-order valence-electron chi connectivity index (χ0n) is 17.5. The van der Waals surface area contributed by atoms with E-state index in [0.29, 0.717) is 4.90 Å². The second-order valence-corrected chi connectivity index (χ2v) is 10.0. The van der Waals surface area contributed by atoms with Crippen molar-refractivity contribution in [1.82, 2.24) is 4.98 Å². The van der Waals surface area contributed by atoms with Crippen LogP contribution in [-0.4, -0.2) is 13.4 Å². The zero-order chi connectivity index (χ0) is 21.6. The molecule has 0 saturated heterocycles. The van der Waals surface area contributed by atoms with Gasteiger partial charge in [-0.15, -0.1) is 0 Å². The van der Waals surface area contributed by atoms with E-state index in [2.05, 4.69) is 4.98 Å². The van der Waals surface area contributed by atoms with Gasteiger partial charge in [-0.1, -0.05) is 78.4 Å². The molecule has 0 aliphatic heterocycles. The lowest BCUT2D eigenvalue weighted by molar-refractivity contribution is 0.589. The number of para-hydroxylation sites is 1. The molecule has 3 nitrogen and oxygen atoms in total. The number of rotatable bonds is 4. The molecule has 0 radical (unpaired) electrons. The molecular weight excluding hydrogens is 402 g/mol. The van der Waals surface area contributed by atoms with Gasteiger partial charge in [0.15, 0.2) is 9.84 Å². The molecule has 31 heavy (non-hydrogen) atoms. The molecule has 1 unspecified atom stereocenters. The van der Waals surface area contributed by atoms with Crippen molar-refractivity contribution in [3.63, 3.8) is 0 Å². The van der Waals surface area contributed by atoms with E-state index in [9.17, 15) is 8.42 Å². The van der Waals surface area contributed by atoms with Gasteiger partial charge in [0, 0.05) is 22.2 Å². The summed E-state index contributed by atoms with van der Waals surface area (Å²) in [4.78, 5) is 3.73. The third-order valence-corrected chi connectivity index (χ3v) is 8.01. The largest absolute Gasteiger partial charge is 0.358 e. The lowest BCUT2D eigenvalue weighted by Crippen LogP contribution is -2.16. The summed E-state index contributed by atoms with van der Waals surface area (Å²) in [6.07, 6.45) is 0. The average Bonchev–Trinajstić information content (AvgIpc) is 3.10. The second kappa shape index (κ2) is 7.40. The number of hydrogen-bond acceptors (Lipinski definition) is 2. The van der Waals surface area contributed by atoms with Crippen molar-refractivity contribution in [2.24, 2.45) is 0 Å². The predicted octanol–water partition coefficient (Wildman–Crippen LogP) is 6.50. The highest BCUT2D eigenvalue weighted by atomic mass is 32.2. The maximum absolute atomic E-state index is 14.2. The van der Waals surface area contributed by atoms with Crippen LogP contribution in [0.15, 0.2) is 95.9 Å². The molecule has 1 heterocycles. The van der Waals surface area contributed by atoms with Crippen molar-refractivity contribution in [1.29, 1.82) is 0 Å². The Hall–Kier alpha value is -3.37. The SMILES string of the molecule is Cc1ccc(S(=O)(=O)C(c2cccc3ccccc23)c2c(C)[nH]c3ccccc23)cc1. The van der Waals surface area contributed by atoms with Crippen LogP contribution in [-0.2, 0) is 9.84 Å². The van der Waals surface area contributed by atoms with Gasteiger partial charge in [0.25, 0.3) is 0 Å². The van der Waals surface area contributed by atoms with Gasteiger partial charge in [0.05, 0.1) is 4.90 Å². The molecule has 4 aromatic carbocycles. The summed E-state index contributed by atoms with van der Waals surface area (Å²) in [5.41, 5.74) is 4.46. The number of nitrogens with one attached hydrogen (secondary N) is 1. The lowest BCUT2D eigenvalue weighted by atomic mass is 9.96. The van der Waals surface area contributed by atoms with Gasteiger partial charge < -0.3 is 4.98 Å². The third-order valence-electron chi connectivity index (χ3n) is 5.97. The maximum Gasteiger partial charge on any atom is 0.189 e. The summed E-state index contributed by atoms with van der Waals surface area (Å²) in [6.45, 7) is 3.92. The summed E-state index contributed by atoms with van der Waals surface area (Å²) >= 11 is 0. The molecule has 1 atom stereocenters. The first-order chi connectivity index (χ1) is 15.0. The number of benzene rings is 4. The first-order valence-corrected chi connectivity index (χ1v) is 11.9. The first-order valence-electron chi connectivity index (χ1n) is 10.3. The fourth-order valence-corrected chi connectivity index (χ4v) is 6.40. The standard InChI is InChI=1S/C27H23NO2S/c1-18-14-16-21(17-15-18)31(29,30)27(23-12-7-9-20-8-3-4-10-22(20)23)26-19(2)28-25-13-6-5-11-24(25)26/h3-17,27-28H,1-2H3. The highest BCUT2D eigenvalue weighted by molar-refractivity contribution is 7.92. The van der Waals surface area contributed by atoms with Crippen molar-refractivity contribution < 1.29 is 8.42 Å². The molecule has 0 bridgehead atoms. The molecule has 0 amide bonds. The van der Waals surface area contributed by atoms with Crippen LogP contribution < -0.4 is 0 Å². The highest BCUT2D eigenvalue weighted by Crippen LogP contribution is 2.42. The number of H-pyrrole nitrogens is 1. The molecule has 1 aromatic heterocycles. The lowest BCUT2D eigenvalue weighted by Gasteiger charge is -2.21. The second-order valence-electron chi connectivity index (χ2n) is 8.02. The van der Waals surface area contributed by atoms with E-state index in [1.807, 2.05) is 92.7 Å². The van der Waals surface area contributed by atoms with Crippen molar-refractivity contribution in [2.45, 2.75) is 24.0 Å². The smallest absolute Gasteiger partial charge is 0.189 e. The Morgan fingerprint density at radius 3 is 2.13 bits per heavy atom. The summed E-state index contributed by atoms with van der Waals surface area (Å²) in [7, 11) is -3.72. The van der Waals surface area contributed by atoms with E-state index in [1.165, 1.54) is 0 Å². The summed E-state index contributed by atoms with van der Waals surface area (Å²) in [5, 5.41) is 2.10. The van der Waals surface area contributed by atoms with Crippen LogP contribution in [0.3, 0.4) is 0 Å². The van der Waals surface area contributed by atoms with Crippen LogP contribution in [0.5, 0.6) is 0 Å². The van der Waals surface area contributed by atoms with Crippen LogP contribution in [0.2, 0.25) is 0 Å². The van der Waals surface area contributed by atoms with Gasteiger partial charge in [-0.25, -0.2) is 8.42 Å². The Kier molecular flexibility index (Phi) is 4.67. The van der Waals surface area contributed by atoms with Crippen molar-refractivity contribution in [3.8, 4) is 0 Å². The third kappa shape index (κ3) is 3.24. The van der Waals surface area contributed by atoms with E-state index in [1.54, 1.807) is 12.1 Å². The van der Waals surface area contributed by atoms with E-state index in [-0.39, 0.29) is 0 Å². The topological polar surface area (TPSA) is 49.9 Å². The van der Waals surface area contributed by atoms with Gasteiger partial charge in [0.1, 0.15) is 5.25 Å². The monoisotopic (exact) mass is 425 g/mol. The minimum absolute atomic E-state index is 0.334. The van der Waals surface area contributed by atoms with Crippen LogP contribution >= 0.6 is 0 Å². The molecule has 5 aromatic rings. The highest BCUT2D eigenvalue weighted by Gasteiger charge is 2.35. The molecule has 0 fully saturated rings. The summed E-state index contributed by atoms with van der Waals surface area (Å²) < 4.78 is 28.3. The zero-order valence-corrected chi connectivity index (χ0v) is 18.3. The number of aromatic nitrogens is 1. The average molecular weight is 426 g/mol. The summed E-state index contributed by atoms with van der Waals surface area (Å²) in [6, 6.07) is 28.9. The Morgan fingerprint density at radius 2 is 1.35 bits per heavy atom. The number of hydrogen-bond donors (Lipinski definition) is 1. The molecule has 1 N–H and O–H groups in total. The predicted molar refractivity (Wildman–Crippen MR) is 127 cm³/mol. The number of sulfone groups is 1. The minimum Gasteiger partial charge on any atom is -0.358 e. The Labute approximate surface area is 182 Å². The molecule has 0 aliphatic rings. The van der Waals surface area contributed by atoms with Crippen molar-refractivity contribution >= 4 is 31.5 Å². The molecule has 154 valence electrons. The molecule has 4 heteroatoms. The quantitative estimate of drug-likeness (QED) is 0.357. The fraction of sp³-hybridized carbons (Fsp3) is 0.111. The Bertz CT molecular complexity index is 1510. The fourth-order valence-electron chi connectivity index (χ4n) is 4.46. The number of fused-ring (bicyclic) bond motifs is 2. The van der Waals surface area contributed by atoms with Crippen LogP contribution in [0.1, 0.15) is 27.6 Å². The van der Waals surface area contributed by atoms with Gasteiger partial charge >= 0.3 is 0 Å². The number of aryl methyl sites for hydroxylation is 2. The Morgan fingerprint density at radius 1 is 0.710 bits per heavy atom. The van der Waals surface area contributed by atoms with E-state index < -0.39 is 15.1 Å². The maximum atomic E-state index is 14.2. The van der Waals surface area contributed by atoms with Gasteiger partial charge in [-0.2, -0.15) is 0 Å². The minimum atomic E-state index is -3.72. The summed E-state index contributed by atoms with van der Waals surface area (Å²) in [5.74, 6) is 0. The molecule has 5 rings (SSSR count). The van der Waals surface area contributed by atoms with Crippen LogP contribution in [0, 0.1) is 13.8 Å². The van der Waals surface area contributed by atoms with Gasteiger partial charge in [-0.3, -0.25) is 0 Å². The molecule has 0 saturated carbocycles. The van der Waals surface area contributed by atoms with Crippen LogP contribution in [0.4, 0.5) is 0 Å². The van der Waals surface area contributed by atoms with Crippen molar-refractivity contribution in [3.05, 3.63) is 113 Å². The Balaban J connectivity index is 1.87. The van der Waals surface area contributed by atoms with Crippen LogP contribution in [0.25, 0.3) is 21.7 Å². The van der Waals surface area contributed by atoms with E-state index >= 15 is 0 Å². The normalized spacial score (nSPS) is 13.0. The van der Waals surface area contributed by atoms with E-state index in [0.717, 1.165) is 44.1 Å². The van der Waals surface area contributed by atoms with Crippen molar-refractivity contribution in [2.75, 3.05) is 0 Å². The van der Waals surface area contributed by atoms with Gasteiger partial charge in [0.2, 0.25) is 0 Å². The molecular formula is C27H23NO2S. The number of aromatic amines is 1. The van der Waals surface area contributed by atoms with Gasteiger partial charge in [-0.05, 0) is 48.4 Å². The molecule has 0 aliphatic carbocycles. The molecule has 0 spiro atoms.